The number of benzene rings is 1. The van der Waals surface area contributed by atoms with E-state index in [0.717, 1.165) is 10.9 Å². The fraction of sp³-hybridized carbons (Fsp3) is 0.263. The standard InChI is InChI=1S/C19H20FN3O/c1-19(2,15-4-3-7-21-11-15)12-22-10-14-8-13-5-6-16(20)9-17(13)23-18(14)24/h3-9,11,22H,10,12H2,1-2H3,(H,23,24). The maximum atomic E-state index is 13.2. The monoisotopic (exact) mass is 325 g/mol. The average molecular weight is 325 g/mol. The summed E-state index contributed by atoms with van der Waals surface area (Å²) in [6, 6.07) is 10.2. The number of halogens is 1. The number of H-pyrrole nitrogens is 1. The highest BCUT2D eigenvalue weighted by Gasteiger charge is 2.20. The first kappa shape index (κ1) is 16.3. The summed E-state index contributed by atoms with van der Waals surface area (Å²) in [5.41, 5.74) is 2.00. The van der Waals surface area contributed by atoms with Gasteiger partial charge in [-0.05, 0) is 41.3 Å². The SMILES string of the molecule is CC(C)(CNCc1cc2ccc(F)cc2[nH]c1=O)c1cccnc1. The van der Waals surface area contributed by atoms with Crippen molar-refractivity contribution < 1.29 is 4.39 Å². The normalized spacial score (nSPS) is 11.8. The zero-order valence-corrected chi connectivity index (χ0v) is 13.8. The van der Waals surface area contributed by atoms with E-state index < -0.39 is 0 Å². The van der Waals surface area contributed by atoms with E-state index in [1.54, 1.807) is 18.3 Å². The molecule has 0 spiro atoms. The molecule has 0 saturated heterocycles. The third-order valence-electron chi connectivity index (χ3n) is 4.21. The van der Waals surface area contributed by atoms with Crippen molar-refractivity contribution in [3.63, 3.8) is 0 Å². The maximum absolute atomic E-state index is 13.2. The Hall–Kier alpha value is -2.53. The van der Waals surface area contributed by atoms with E-state index in [4.69, 9.17) is 0 Å². The lowest BCUT2D eigenvalue weighted by atomic mass is 9.85. The van der Waals surface area contributed by atoms with Crippen molar-refractivity contribution in [1.29, 1.82) is 0 Å². The Morgan fingerprint density at radius 3 is 2.83 bits per heavy atom. The third-order valence-corrected chi connectivity index (χ3v) is 4.21. The summed E-state index contributed by atoms with van der Waals surface area (Å²) in [7, 11) is 0. The van der Waals surface area contributed by atoms with Crippen molar-refractivity contribution >= 4 is 10.9 Å². The Morgan fingerprint density at radius 2 is 2.08 bits per heavy atom. The van der Waals surface area contributed by atoms with E-state index in [9.17, 15) is 9.18 Å². The molecule has 2 N–H and O–H groups in total. The summed E-state index contributed by atoms with van der Waals surface area (Å²) in [6.07, 6.45) is 3.61. The second-order valence-corrected chi connectivity index (χ2v) is 6.58. The van der Waals surface area contributed by atoms with Gasteiger partial charge in [-0.15, -0.1) is 0 Å². The molecule has 0 bridgehead atoms. The van der Waals surface area contributed by atoms with Gasteiger partial charge in [0.2, 0.25) is 0 Å². The van der Waals surface area contributed by atoms with Crippen LogP contribution in [0.25, 0.3) is 10.9 Å². The summed E-state index contributed by atoms with van der Waals surface area (Å²) < 4.78 is 13.2. The van der Waals surface area contributed by atoms with Gasteiger partial charge in [0.15, 0.2) is 0 Å². The summed E-state index contributed by atoms with van der Waals surface area (Å²) >= 11 is 0. The van der Waals surface area contributed by atoms with Crippen LogP contribution in [-0.2, 0) is 12.0 Å². The van der Waals surface area contributed by atoms with Gasteiger partial charge in [0.05, 0.1) is 5.52 Å². The predicted molar refractivity (Wildman–Crippen MR) is 93.5 cm³/mol. The molecule has 0 fully saturated rings. The number of fused-ring (bicyclic) bond motifs is 1. The molecule has 0 aliphatic rings. The van der Waals surface area contributed by atoms with Gasteiger partial charge in [0.1, 0.15) is 5.82 Å². The molecule has 0 aliphatic heterocycles. The molecule has 3 aromatic rings. The van der Waals surface area contributed by atoms with Crippen LogP contribution < -0.4 is 10.9 Å². The fourth-order valence-electron chi connectivity index (χ4n) is 2.72. The predicted octanol–water partition coefficient (Wildman–Crippen LogP) is 3.13. The van der Waals surface area contributed by atoms with Crippen molar-refractivity contribution in [2.24, 2.45) is 0 Å². The minimum Gasteiger partial charge on any atom is -0.322 e. The zero-order chi connectivity index (χ0) is 17.2. The number of pyridine rings is 2. The minimum atomic E-state index is -0.359. The van der Waals surface area contributed by atoms with Crippen LogP contribution in [0.5, 0.6) is 0 Å². The highest BCUT2D eigenvalue weighted by molar-refractivity contribution is 5.78. The van der Waals surface area contributed by atoms with Crippen LogP contribution >= 0.6 is 0 Å². The highest BCUT2D eigenvalue weighted by atomic mass is 19.1. The van der Waals surface area contributed by atoms with Crippen molar-refractivity contribution in [3.05, 3.63) is 76.1 Å². The van der Waals surface area contributed by atoms with Crippen LogP contribution in [0, 0.1) is 5.82 Å². The molecule has 2 heterocycles. The first-order valence-corrected chi connectivity index (χ1v) is 7.88. The van der Waals surface area contributed by atoms with Gasteiger partial charge in [-0.2, -0.15) is 0 Å². The van der Waals surface area contributed by atoms with E-state index >= 15 is 0 Å². The Morgan fingerprint density at radius 1 is 1.25 bits per heavy atom. The van der Waals surface area contributed by atoms with Gasteiger partial charge >= 0.3 is 0 Å². The molecule has 0 radical (unpaired) electrons. The van der Waals surface area contributed by atoms with E-state index in [1.807, 2.05) is 18.3 Å². The molecule has 24 heavy (non-hydrogen) atoms. The van der Waals surface area contributed by atoms with E-state index in [1.165, 1.54) is 12.1 Å². The van der Waals surface area contributed by atoms with Gasteiger partial charge in [0, 0.05) is 36.5 Å². The van der Waals surface area contributed by atoms with Gasteiger partial charge in [-0.25, -0.2) is 4.39 Å². The van der Waals surface area contributed by atoms with Gasteiger partial charge < -0.3 is 10.3 Å². The van der Waals surface area contributed by atoms with Crippen LogP contribution in [-0.4, -0.2) is 16.5 Å². The minimum absolute atomic E-state index is 0.0962. The summed E-state index contributed by atoms with van der Waals surface area (Å²) in [6.45, 7) is 5.42. The summed E-state index contributed by atoms with van der Waals surface area (Å²) in [5, 5.41) is 4.15. The van der Waals surface area contributed by atoms with Gasteiger partial charge in [-0.1, -0.05) is 19.9 Å². The van der Waals surface area contributed by atoms with Crippen LogP contribution in [0.1, 0.15) is 25.0 Å². The number of rotatable bonds is 5. The van der Waals surface area contributed by atoms with Crippen LogP contribution in [0.2, 0.25) is 0 Å². The molecule has 0 unspecified atom stereocenters. The average Bonchev–Trinajstić information content (AvgIpc) is 2.56. The largest absolute Gasteiger partial charge is 0.322 e. The van der Waals surface area contributed by atoms with Crippen LogP contribution in [0.15, 0.2) is 53.6 Å². The zero-order valence-electron chi connectivity index (χ0n) is 13.8. The van der Waals surface area contributed by atoms with Crippen molar-refractivity contribution in [2.45, 2.75) is 25.8 Å². The second kappa shape index (κ2) is 6.53. The number of hydrogen-bond acceptors (Lipinski definition) is 3. The second-order valence-electron chi connectivity index (χ2n) is 6.58. The Balaban J connectivity index is 1.73. The van der Waals surface area contributed by atoms with Crippen molar-refractivity contribution in [2.75, 3.05) is 6.54 Å². The van der Waals surface area contributed by atoms with E-state index in [-0.39, 0.29) is 16.8 Å². The molecule has 3 rings (SSSR count). The van der Waals surface area contributed by atoms with E-state index in [0.29, 0.717) is 24.2 Å². The molecular weight excluding hydrogens is 305 g/mol. The summed E-state index contributed by atoms with van der Waals surface area (Å²) in [5.74, 6) is -0.359. The number of aromatic amines is 1. The fourth-order valence-corrected chi connectivity index (χ4v) is 2.72. The maximum Gasteiger partial charge on any atom is 0.252 e. The molecule has 4 nitrogen and oxygen atoms in total. The van der Waals surface area contributed by atoms with Gasteiger partial charge in [-0.3, -0.25) is 9.78 Å². The Labute approximate surface area is 139 Å². The number of aromatic nitrogens is 2. The molecule has 0 aliphatic carbocycles. The lowest BCUT2D eigenvalue weighted by molar-refractivity contribution is 0.467. The van der Waals surface area contributed by atoms with E-state index in [2.05, 4.69) is 29.1 Å². The summed E-state index contributed by atoms with van der Waals surface area (Å²) in [4.78, 5) is 19.0. The smallest absolute Gasteiger partial charge is 0.252 e. The molecule has 1 aromatic carbocycles. The molecule has 124 valence electrons. The quantitative estimate of drug-likeness (QED) is 0.758. The van der Waals surface area contributed by atoms with Crippen molar-refractivity contribution in [3.8, 4) is 0 Å². The number of hydrogen-bond donors (Lipinski definition) is 2. The van der Waals surface area contributed by atoms with Gasteiger partial charge in [0.25, 0.3) is 5.56 Å². The lowest BCUT2D eigenvalue weighted by Crippen LogP contribution is -2.34. The topological polar surface area (TPSA) is 57.8 Å². The van der Waals surface area contributed by atoms with Crippen LogP contribution in [0.3, 0.4) is 0 Å². The highest BCUT2D eigenvalue weighted by Crippen LogP contribution is 2.21. The first-order valence-electron chi connectivity index (χ1n) is 7.88. The molecule has 0 atom stereocenters. The van der Waals surface area contributed by atoms with Crippen LogP contribution in [0.4, 0.5) is 4.39 Å². The molecule has 2 aromatic heterocycles. The Kier molecular flexibility index (Phi) is 4.44. The number of nitrogens with zero attached hydrogens (tertiary/aromatic N) is 1. The molecule has 5 heteroatoms. The molecule has 0 saturated carbocycles. The third kappa shape index (κ3) is 3.51. The number of nitrogens with one attached hydrogen (secondary N) is 2. The molecular formula is C19H20FN3O. The molecule has 0 amide bonds. The van der Waals surface area contributed by atoms with Crippen molar-refractivity contribution in [1.82, 2.24) is 15.3 Å². The first-order chi connectivity index (χ1) is 11.5. The lowest BCUT2D eigenvalue weighted by Gasteiger charge is -2.25. The Bertz CT molecular complexity index is 903.